The monoisotopic (exact) mass is 241 g/mol. The van der Waals surface area contributed by atoms with Crippen LogP contribution in [0.25, 0.3) is 0 Å². The molecule has 2 fully saturated rings. The van der Waals surface area contributed by atoms with Gasteiger partial charge in [0.05, 0.1) is 13.2 Å². The number of ether oxygens (including phenoxy) is 1. The summed E-state index contributed by atoms with van der Waals surface area (Å²) in [7, 11) is 0. The zero-order valence-corrected chi connectivity index (χ0v) is 9.84. The minimum Gasteiger partial charge on any atom is -0.409 e. The van der Waals surface area contributed by atoms with Crippen molar-refractivity contribution < 1.29 is 14.7 Å². The number of oxime groups is 1. The van der Waals surface area contributed by atoms with E-state index in [0.717, 1.165) is 0 Å². The van der Waals surface area contributed by atoms with Crippen molar-refractivity contribution in [2.24, 2.45) is 16.8 Å². The summed E-state index contributed by atoms with van der Waals surface area (Å²) in [5, 5.41) is 11.5. The maximum atomic E-state index is 12.0. The van der Waals surface area contributed by atoms with Crippen molar-refractivity contribution in [3.63, 3.8) is 0 Å². The number of rotatable bonds is 3. The van der Waals surface area contributed by atoms with E-state index >= 15 is 0 Å². The molecule has 17 heavy (non-hydrogen) atoms. The predicted octanol–water partition coefficient (Wildman–Crippen LogP) is 0.150. The number of hydrogen-bond acceptors (Lipinski definition) is 4. The van der Waals surface area contributed by atoms with Crippen LogP contribution in [0.4, 0.5) is 0 Å². The maximum Gasteiger partial charge on any atom is 0.223 e. The standard InChI is InChI=1S/C11H19N3O3/c12-11(13-16)9-7-14(4-5-17-9)10(15)6-8-2-1-3-8/h8-9,16H,1-7H2,(H2,12,13). The Morgan fingerprint density at radius 2 is 2.29 bits per heavy atom. The van der Waals surface area contributed by atoms with E-state index in [4.69, 9.17) is 15.7 Å². The van der Waals surface area contributed by atoms with Gasteiger partial charge < -0.3 is 20.6 Å². The Labute approximate surface area is 100 Å². The van der Waals surface area contributed by atoms with Gasteiger partial charge in [-0.05, 0) is 18.8 Å². The summed E-state index contributed by atoms with van der Waals surface area (Å²) >= 11 is 0. The zero-order valence-electron chi connectivity index (χ0n) is 9.84. The molecule has 0 radical (unpaired) electrons. The second-order valence-electron chi connectivity index (χ2n) is 4.73. The number of nitrogens with zero attached hydrogens (tertiary/aromatic N) is 2. The molecule has 0 aromatic carbocycles. The Bertz CT molecular complexity index is 315. The summed E-state index contributed by atoms with van der Waals surface area (Å²) in [4.78, 5) is 13.7. The van der Waals surface area contributed by atoms with Crippen molar-refractivity contribution >= 4 is 11.7 Å². The summed E-state index contributed by atoms with van der Waals surface area (Å²) in [6.07, 6.45) is 3.73. The fraction of sp³-hybridized carbons (Fsp3) is 0.818. The Morgan fingerprint density at radius 3 is 2.88 bits per heavy atom. The summed E-state index contributed by atoms with van der Waals surface area (Å²) in [6.45, 7) is 1.43. The molecular weight excluding hydrogens is 222 g/mol. The second-order valence-corrected chi connectivity index (χ2v) is 4.73. The second kappa shape index (κ2) is 5.35. The van der Waals surface area contributed by atoms with Gasteiger partial charge in [-0.3, -0.25) is 4.79 Å². The molecule has 6 nitrogen and oxygen atoms in total. The molecule has 2 aliphatic rings. The van der Waals surface area contributed by atoms with E-state index in [9.17, 15) is 4.79 Å². The SMILES string of the molecule is NC(=NO)C1CN(C(=O)CC2CCC2)CCO1. The van der Waals surface area contributed by atoms with Gasteiger partial charge in [-0.15, -0.1) is 0 Å². The first kappa shape index (κ1) is 12.2. The number of carbonyl (C=O) groups excluding carboxylic acids is 1. The first-order chi connectivity index (χ1) is 8.20. The molecular formula is C11H19N3O3. The van der Waals surface area contributed by atoms with Crippen LogP contribution >= 0.6 is 0 Å². The Hall–Kier alpha value is -1.30. The number of amidine groups is 1. The number of nitrogens with two attached hydrogens (primary N) is 1. The summed E-state index contributed by atoms with van der Waals surface area (Å²) < 4.78 is 5.35. The van der Waals surface area contributed by atoms with Crippen LogP contribution in [0.3, 0.4) is 0 Å². The quantitative estimate of drug-likeness (QED) is 0.318. The average Bonchev–Trinajstić information content (AvgIpc) is 2.32. The van der Waals surface area contributed by atoms with Crippen LogP contribution in [-0.2, 0) is 9.53 Å². The molecule has 3 N–H and O–H groups in total. The van der Waals surface area contributed by atoms with E-state index in [2.05, 4.69) is 5.16 Å². The minimum atomic E-state index is -0.473. The van der Waals surface area contributed by atoms with Gasteiger partial charge in [0.2, 0.25) is 5.91 Å². The lowest BCUT2D eigenvalue weighted by molar-refractivity contribution is -0.138. The van der Waals surface area contributed by atoms with Crippen molar-refractivity contribution in [1.29, 1.82) is 0 Å². The van der Waals surface area contributed by atoms with Crippen molar-refractivity contribution in [2.45, 2.75) is 31.8 Å². The molecule has 6 heteroatoms. The van der Waals surface area contributed by atoms with Crippen LogP contribution in [-0.4, -0.2) is 47.7 Å². The first-order valence-electron chi connectivity index (χ1n) is 6.07. The van der Waals surface area contributed by atoms with Crippen molar-refractivity contribution in [3.8, 4) is 0 Å². The Kier molecular flexibility index (Phi) is 3.83. The third kappa shape index (κ3) is 2.88. The lowest BCUT2D eigenvalue weighted by Crippen LogP contribution is -2.50. The molecule has 1 saturated carbocycles. The highest BCUT2D eigenvalue weighted by Gasteiger charge is 2.29. The Morgan fingerprint density at radius 1 is 1.53 bits per heavy atom. The lowest BCUT2D eigenvalue weighted by atomic mass is 9.82. The normalized spacial score (nSPS) is 26.7. The van der Waals surface area contributed by atoms with Crippen molar-refractivity contribution in [1.82, 2.24) is 4.90 Å². The average molecular weight is 241 g/mol. The van der Waals surface area contributed by atoms with E-state index in [0.29, 0.717) is 32.0 Å². The largest absolute Gasteiger partial charge is 0.409 e. The fourth-order valence-corrected chi connectivity index (χ4v) is 2.19. The molecule has 1 heterocycles. The van der Waals surface area contributed by atoms with Crippen LogP contribution in [0, 0.1) is 5.92 Å². The molecule has 0 aromatic heterocycles. The third-order valence-electron chi connectivity index (χ3n) is 3.55. The molecule has 1 aliphatic carbocycles. The van der Waals surface area contributed by atoms with Gasteiger partial charge in [0.25, 0.3) is 0 Å². The number of carbonyl (C=O) groups is 1. The van der Waals surface area contributed by atoms with E-state index in [1.165, 1.54) is 19.3 Å². The molecule has 0 aromatic rings. The molecule has 96 valence electrons. The van der Waals surface area contributed by atoms with Gasteiger partial charge >= 0.3 is 0 Å². The van der Waals surface area contributed by atoms with Crippen LogP contribution < -0.4 is 5.73 Å². The van der Waals surface area contributed by atoms with Gasteiger partial charge in [0.1, 0.15) is 6.10 Å². The molecule has 1 atom stereocenters. The summed E-state index contributed by atoms with van der Waals surface area (Å²) in [5.74, 6) is 0.757. The highest BCUT2D eigenvalue weighted by atomic mass is 16.5. The fourth-order valence-electron chi connectivity index (χ4n) is 2.19. The molecule has 0 spiro atoms. The highest BCUT2D eigenvalue weighted by Crippen LogP contribution is 2.30. The zero-order chi connectivity index (χ0) is 12.3. The van der Waals surface area contributed by atoms with Crippen LogP contribution in [0.5, 0.6) is 0 Å². The van der Waals surface area contributed by atoms with Gasteiger partial charge in [0, 0.05) is 13.0 Å². The summed E-state index contributed by atoms with van der Waals surface area (Å²) in [6, 6.07) is 0. The lowest BCUT2D eigenvalue weighted by Gasteiger charge is -2.34. The number of amides is 1. The smallest absolute Gasteiger partial charge is 0.223 e. The Balaban J connectivity index is 1.85. The topological polar surface area (TPSA) is 88.2 Å². The molecule has 0 bridgehead atoms. The van der Waals surface area contributed by atoms with Gasteiger partial charge in [-0.2, -0.15) is 0 Å². The van der Waals surface area contributed by atoms with Gasteiger partial charge in [-0.1, -0.05) is 11.6 Å². The number of morpholine rings is 1. The van der Waals surface area contributed by atoms with E-state index < -0.39 is 6.10 Å². The first-order valence-corrected chi connectivity index (χ1v) is 6.07. The molecule has 1 saturated heterocycles. The van der Waals surface area contributed by atoms with Crippen LogP contribution in [0.1, 0.15) is 25.7 Å². The minimum absolute atomic E-state index is 0.0335. The molecule has 1 unspecified atom stereocenters. The van der Waals surface area contributed by atoms with Crippen LogP contribution in [0.2, 0.25) is 0 Å². The van der Waals surface area contributed by atoms with Gasteiger partial charge in [-0.25, -0.2) is 0 Å². The van der Waals surface area contributed by atoms with Crippen LogP contribution in [0.15, 0.2) is 5.16 Å². The number of hydrogen-bond donors (Lipinski definition) is 2. The molecule has 1 amide bonds. The van der Waals surface area contributed by atoms with Gasteiger partial charge in [0.15, 0.2) is 5.84 Å². The summed E-state index contributed by atoms with van der Waals surface area (Å²) in [5.41, 5.74) is 5.49. The highest BCUT2D eigenvalue weighted by molar-refractivity contribution is 5.85. The van der Waals surface area contributed by atoms with E-state index in [1.807, 2.05) is 0 Å². The van der Waals surface area contributed by atoms with Crippen molar-refractivity contribution in [2.75, 3.05) is 19.7 Å². The maximum absolute atomic E-state index is 12.0. The van der Waals surface area contributed by atoms with Crippen molar-refractivity contribution in [3.05, 3.63) is 0 Å². The third-order valence-corrected chi connectivity index (χ3v) is 3.55. The van der Waals surface area contributed by atoms with E-state index in [1.54, 1.807) is 4.90 Å². The molecule has 2 rings (SSSR count). The van der Waals surface area contributed by atoms with E-state index in [-0.39, 0.29) is 11.7 Å². The predicted molar refractivity (Wildman–Crippen MR) is 61.7 cm³/mol. The molecule has 1 aliphatic heterocycles.